The van der Waals surface area contributed by atoms with Crippen LogP contribution in [0.4, 0.5) is 0 Å². The van der Waals surface area contributed by atoms with Crippen LogP contribution in [0.2, 0.25) is 0 Å². The number of carbonyl (C=O) groups is 2. The molecule has 0 bridgehead atoms. The smallest absolute Gasteiger partial charge is 0.251 e. The fraction of sp³-hybridized carbons (Fsp3) is 0.308. The third-order valence-corrected chi connectivity index (χ3v) is 7.46. The first kappa shape index (κ1) is 23.6. The van der Waals surface area contributed by atoms with E-state index in [0.29, 0.717) is 24.2 Å². The maximum Gasteiger partial charge on any atom is 0.251 e. The number of nitrogens with zero attached hydrogens (tertiary/aromatic N) is 6. The molecule has 1 aliphatic heterocycles. The number of benzene rings is 2. The molecule has 5 rings (SSSR count). The summed E-state index contributed by atoms with van der Waals surface area (Å²) in [5.74, 6) is 0.496. The van der Waals surface area contributed by atoms with Crippen LogP contribution in [0.25, 0.3) is 22.3 Å². The summed E-state index contributed by atoms with van der Waals surface area (Å²) in [6, 6.07) is 14.6. The molecule has 0 saturated carbocycles. The van der Waals surface area contributed by atoms with E-state index >= 15 is 0 Å². The number of piperidine rings is 1. The SMILES string of the molecule is Cc1nn(C)c2cc(-c3nsc(C4CCN(C(=O)CNC(=O)c5cccc(C#N)c5)CC4)n3)ccc12. The van der Waals surface area contributed by atoms with Gasteiger partial charge in [-0.05, 0) is 55.6 Å². The van der Waals surface area contributed by atoms with Gasteiger partial charge in [0.05, 0.1) is 29.4 Å². The lowest BCUT2D eigenvalue weighted by Crippen LogP contribution is -2.43. The standard InChI is InChI=1S/C26H25N7O2S/c1-16-21-7-6-19(13-22(21)32(2)30-16)24-29-26(36-31-24)18-8-10-33(11-9-18)23(34)15-28-25(35)20-5-3-4-17(12-20)14-27/h3-7,12-13,18H,8-11,15H2,1-2H3,(H,28,35). The molecule has 0 spiro atoms. The fourth-order valence-corrected chi connectivity index (χ4v) is 5.41. The largest absolute Gasteiger partial charge is 0.343 e. The molecule has 182 valence electrons. The number of carbonyl (C=O) groups excluding carboxylic acids is 2. The van der Waals surface area contributed by atoms with Crippen LogP contribution in [0.1, 0.15) is 45.4 Å². The van der Waals surface area contributed by atoms with Crippen molar-refractivity contribution in [3.63, 3.8) is 0 Å². The van der Waals surface area contributed by atoms with Gasteiger partial charge in [-0.15, -0.1) is 0 Å². The molecule has 2 amide bonds. The molecule has 0 radical (unpaired) electrons. The number of aromatic nitrogens is 4. The Morgan fingerprint density at radius 3 is 2.78 bits per heavy atom. The molecule has 36 heavy (non-hydrogen) atoms. The summed E-state index contributed by atoms with van der Waals surface area (Å²) in [5.41, 5.74) is 3.79. The Balaban J connectivity index is 1.16. The maximum atomic E-state index is 12.7. The highest BCUT2D eigenvalue weighted by Gasteiger charge is 2.26. The zero-order valence-electron chi connectivity index (χ0n) is 20.1. The van der Waals surface area contributed by atoms with Gasteiger partial charge in [0.1, 0.15) is 5.01 Å². The van der Waals surface area contributed by atoms with E-state index in [0.717, 1.165) is 45.8 Å². The van der Waals surface area contributed by atoms with Crippen molar-refractivity contribution in [2.45, 2.75) is 25.7 Å². The molecule has 4 aromatic rings. The van der Waals surface area contributed by atoms with Gasteiger partial charge in [0.15, 0.2) is 5.82 Å². The van der Waals surface area contributed by atoms with E-state index in [1.165, 1.54) is 17.6 Å². The first-order valence-electron chi connectivity index (χ1n) is 11.8. The van der Waals surface area contributed by atoms with Gasteiger partial charge in [-0.3, -0.25) is 14.3 Å². The van der Waals surface area contributed by atoms with Crippen LogP contribution in [0.3, 0.4) is 0 Å². The lowest BCUT2D eigenvalue weighted by molar-refractivity contribution is -0.131. The van der Waals surface area contributed by atoms with Gasteiger partial charge >= 0.3 is 0 Å². The van der Waals surface area contributed by atoms with Gasteiger partial charge in [-0.2, -0.15) is 14.7 Å². The number of likely N-dealkylation sites (tertiary alicyclic amines) is 1. The van der Waals surface area contributed by atoms with Gasteiger partial charge in [0, 0.05) is 42.6 Å². The van der Waals surface area contributed by atoms with Crippen molar-refractivity contribution in [3.05, 3.63) is 64.3 Å². The molecule has 0 unspecified atom stereocenters. The van der Waals surface area contributed by atoms with Gasteiger partial charge in [0.25, 0.3) is 5.91 Å². The molecular formula is C26H25N7O2S. The summed E-state index contributed by atoms with van der Waals surface area (Å²) in [6.07, 6.45) is 1.61. The zero-order chi connectivity index (χ0) is 25.2. The average Bonchev–Trinajstić information content (AvgIpc) is 3.51. The maximum absolute atomic E-state index is 12.7. The fourth-order valence-electron chi connectivity index (χ4n) is 4.57. The minimum atomic E-state index is -0.365. The molecular weight excluding hydrogens is 474 g/mol. The summed E-state index contributed by atoms with van der Waals surface area (Å²) in [7, 11) is 1.94. The highest BCUT2D eigenvalue weighted by Crippen LogP contribution is 2.32. The van der Waals surface area contributed by atoms with E-state index in [-0.39, 0.29) is 24.3 Å². The number of aryl methyl sites for hydroxylation is 2. The number of hydrogen-bond donors (Lipinski definition) is 1. The van der Waals surface area contributed by atoms with E-state index < -0.39 is 0 Å². The first-order chi connectivity index (χ1) is 17.4. The molecule has 1 fully saturated rings. The third-order valence-electron chi connectivity index (χ3n) is 6.59. The monoisotopic (exact) mass is 499 g/mol. The van der Waals surface area contributed by atoms with Crippen molar-refractivity contribution in [2.75, 3.05) is 19.6 Å². The van der Waals surface area contributed by atoms with E-state index in [1.54, 1.807) is 23.1 Å². The van der Waals surface area contributed by atoms with Gasteiger partial charge in [0.2, 0.25) is 5.91 Å². The molecule has 0 atom stereocenters. The summed E-state index contributed by atoms with van der Waals surface area (Å²) in [6.45, 7) is 3.15. The van der Waals surface area contributed by atoms with Gasteiger partial charge in [-0.1, -0.05) is 18.2 Å². The zero-order valence-corrected chi connectivity index (χ0v) is 20.9. The van der Waals surface area contributed by atoms with Crippen molar-refractivity contribution in [1.29, 1.82) is 5.26 Å². The number of nitrogens with one attached hydrogen (secondary N) is 1. The Labute approximate surface area is 212 Å². The molecule has 3 heterocycles. The molecule has 1 saturated heterocycles. The van der Waals surface area contributed by atoms with Crippen molar-refractivity contribution < 1.29 is 9.59 Å². The van der Waals surface area contributed by atoms with Crippen LogP contribution in [0.15, 0.2) is 42.5 Å². The van der Waals surface area contributed by atoms with Crippen LogP contribution in [0.5, 0.6) is 0 Å². The Kier molecular flexibility index (Phi) is 6.48. The topological polar surface area (TPSA) is 117 Å². The van der Waals surface area contributed by atoms with Gasteiger partial charge in [-0.25, -0.2) is 4.98 Å². The summed E-state index contributed by atoms with van der Waals surface area (Å²) in [5, 5.41) is 18.3. The molecule has 0 aliphatic carbocycles. The van der Waals surface area contributed by atoms with E-state index in [9.17, 15) is 9.59 Å². The second-order valence-corrected chi connectivity index (χ2v) is 9.71. The Morgan fingerprint density at radius 2 is 2.00 bits per heavy atom. The minimum Gasteiger partial charge on any atom is -0.343 e. The van der Waals surface area contributed by atoms with Crippen LogP contribution in [-0.2, 0) is 11.8 Å². The second-order valence-electron chi connectivity index (χ2n) is 8.93. The van der Waals surface area contributed by atoms with E-state index in [1.807, 2.05) is 30.8 Å². The van der Waals surface area contributed by atoms with Crippen LogP contribution < -0.4 is 5.32 Å². The lowest BCUT2D eigenvalue weighted by atomic mass is 9.97. The first-order valence-corrected chi connectivity index (χ1v) is 12.5. The van der Waals surface area contributed by atoms with E-state index in [4.69, 9.17) is 10.2 Å². The van der Waals surface area contributed by atoms with Crippen molar-refractivity contribution in [1.82, 2.24) is 29.4 Å². The number of rotatable bonds is 5. The highest BCUT2D eigenvalue weighted by molar-refractivity contribution is 7.05. The second kappa shape index (κ2) is 9.87. The van der Waals surface area contributed by atoms with E-state index in [2.05, 4.69) is 26.9 Å². The molecule has 10 heteroatoms. The number of amides is 2. The molecule has 2 aromatic carbocycles. The number of hydrogen-bond acceptors (Lipinski definition) is 7. The van der Waals surface area contributed by atoms with Crippen molar-refractivity contribution in [2.24, 2.45) is 7.05 Å². The molecule has 1 N–H and O–H groups in total. The molecule has 9 nitrogen and oxygen atoms in total. The van der Waals surface area contributed by atoms with Crippen LogP contribution >= 0.6 is 11.5 Å². The highest BCUT2D eigenvalue weighted by atomic mass is 32.1. The Bertz CT molecular complexity index is 1490. The minimum absolute atomic E-state index is 0.0702. The Morgan fingerprint density at radius 1 is 1.19 bits per heavy atom. The summed E-state index contributed by atoms with van der Waals surface area (Å²) in [4.78, 5) is 31.6. The quantitative estimate of drug-likeness (QED) is 0.450. The summed E-state index contributed by atoms with van der Waals surface area (Å²) < 4.78 is 6.48. The van der Waals surface area contributed by atoms with Crippen LogP contribution in [-0.4, -0.2) is 55.5 Å². The predicted octanol–water partition coefficient (Wildman–Crippen LogP) is 3.41. The van der Waals surface area contributed by atoms with Crippen molar-refractivity contribution in [3.8, 4) is 17.5 Å². The lowest BCUT2D eigenvalue weighted by Gasteiger charge is -2.31. The number of fused-ring (bicyclic) bond motifs is 1. The number of nitriles is 1. The average molecular weight is 500 g/mol. The van der Waals surface area contributed by atoms with Crippen molar-refractivity contribution >= 4 is 34.2 Å². The third kappa shape index (κ3) is 4.70. The molecule has 2 aromatic heterocycles. The molecule has 1 aliphatic rings. The summed E-state index contributed by atoms with van der Waals surface area (Å²) >= 11 is 1.42. The normalized spacial score (nSPS) is 14.1. The van der Waals surface area contributed by atoms with Crippen LogP contribution in [0, 0.1) is 18.3 Å². The Hall–Kier alpha value is -4.10. The van der Waals surface area contributed by atoms with Gasteiger partial charge < -0.3 is 10.2 Å². The predicted molar refractivity (Wildman–Crippen MR) is 136 cm³/mol.